The number of hydrogen-bond acceptors (Lipinski definition) is 6. The molecule has 3 unspecified atom stereocenters. The standard InChI is InChI=1S/C15H23O3P.C12H17O3P/c1-4-6-10-13(5-2)15(16)19(17,18-3)14-11-8-7-9-12-14;1-12(2,3)11(13)16(14,15-4)10-8-6-5-7-9-10/h7-9,11-13H,4-6,10H2,1-3H3;5-9H,1-4H3. The summed E-state index contributed by atoms with van der Waals surface area (Å²) >= 11 is 0. The molecule has 0 aliphatic carbocycles. The van der Waals surface area contributed by atoms with Crippen molar-refractivity contribution in [1.82, 2.24) is 0 Å². The predicted molar refractivity (Wildman–Crippen MR) is 144 cm³/mol. The molecular formula is C27H40O6P2. The Hall–Kier alpha value is -1.84. The summed E-state index contributed by atoms with van der Waals surface area (Å²) in [4.78, 5) is 24.7. The summed E-state index contributed by atoms with van der Waals surface area (Å²) < 4.78 is 35.6. The third kappa shape index (κ3) is 8.08. The second-order valence-electron chi connectivity index (χ2n) is 9.28. The molecule has 0 fully saturated rings. The van der Waals surface area contributed by atoms with Crippen molar-refractivity contribution in [2.75, 3.05) is 14.2 Å². The minimum absolute atomic E-state index is 0.175. The zero-order valence-corrected chi connectivity index (χ0v) is 23.8. The molecule has 0 N–H and O–H groups in total. The number of carbonyl (C=O) groups excluding carboxylic acids is 2. The van der Waals surface area contributed by atoms with E-state index < -0.39 is 20.2 Å². The average molecular weight is 523 g/mol. The Kier molecular flexibility index (Phi) is 12.5. The molecule has 0 saturated heterocycles. The Morgan fingerprint density at radius 2 is 1.23 bits per heavy atom. The van der Waals surface area contributed by atoms with Crippen LogP contribution < -0.4 is 10.6 Å². The lowest BCUT2D eigenvalue weighted by molar-refractivity contribution is -0.119. The second kappa shape index (κ2) is 14.0. The first-order valence-corrected chi connectivity index (χ1v) is 15.2. The van der Waals surface area contributed by atoms with Gasteiger partial charge in [0, 0.05) is 36.2 Å². The first kappa shape index (κ1) is 31.2. The van der Waals surface area contributed by atoms with Crippen LogP contribution in [0.1, 0.15) is 60.3 Å². The van der Waals surface area contributed by atoms with Crippen LogP contribution in [0.2, 0.25) is 0 Å². The van der Waals surface area contributed by atoms with E-state index in [4.69, 9.17) is 9.05 Å². The van der Waals surface area contributed by atoms with Gasteiger partial charge in [0.2, 0.25) is 11.0 Å². The maximum atomic E-state index is 12.9. The molecule has 194 valence electrons. The summed E-state index contributed by atoms with van der Waals surface area (Å²) in [5.74, 6) is -0.175. The van der Waals surface area contributed by atoms with Gasteiger partial charge in [0.05, 0.1) is 0 Å². The van der Waals surface area contributed by atoms with Gasteiger partial charge in [-0.3, -0.25) is 18.7 Å². The monoisotopic (exact) mass is 522 g/mol. The third-order valence-corrected chi connectivity index (χ3v) is 10.8. The van der Waals surface area contributed by atoms with Gasteiger partial charge in [0.1, 0.15) is 0 Å². The van der Waals surface area contributed by atoms with Crippen molar-refractivity contribution in [2.24, 2.45) is 11.3 Å². The van der Waals surface area contributed by atoms with Gasteiger partial charge < -0.3 is 9.05 Å². The van der Waals surface area contributed by atoms with Crippen LogP contribution in [0.5, 0.6) is 0 Å². The Labute approximate surface area is 210 Å². The molecule has 0 heterocycles. The summed E-state index contributed by atoms with van der Waals surface area (Å²) in [6, 6.07) is 17.4. The van der Waals surface area contributed by atoms with Gasteiger partial charge >= 0.3 is 0 Å². The summed E-state index contributed by atoms with van der Waals surface area (Å²) in [7, 11) is -4.12. The number of rotatable bonds is 11. The van der Waals surface area contributed by atoms with Gasteiger partial charge in [0.25, 0.3) is 14.7 Å². The highest BCUT2D eigenvalue weighted by atomic mass is 31.2. The van der Waals surface area contributed by atoms with Crippen molar-refractivity contribution >= 4 is 36.4 Å². The zero-order valence-electron chi connectivity index (χ0n) is 22.0. The van der Waals surface area contributed by atoms with Crippen LogP contribution in [0, 0.1) is 11.3 Å². The maximum absolute atomic E-state index is 12.9. The fraction of sp³-hybridized carbons (Fsp3) is 0.481. The highest BCUT2D eigenvalue weighted by molar-refractivity contribution is 7.83. The molecule has 0 aliphatic rings. The zero-order chi connectivity index (χ0) is 26.7. The normalized spacial score (nSPS) is 15.6. The Morgan fingerprint density at radius 1 is 0.800 bits per heavy atom. The minimum atomic E-state index is -3.40. The summed E-state index contributed by atoms with van der Waals surface area (Å²) in [5, 5.41) is 0.954. The molecule has 0 aliphatic heterocycles. The van der Waals surface area contributed by atoms with E-state index in [9.17, 15) is 18.7 Å². The molecule has 8 heteroatoms. The number of unbranched alkanes of at least 4 members (excludes halogenated alkanes) is 1. The van der Waals surface area contributed by atoms with Crippen LogP contribution in [0.4, 0.5) is 0 Å². The highest BCUT2D eigenvalue weighted by Crippen LogP contribution is 2.51. The molecule has 0 saturated carbocycles. The summed E-state index contributed by atoms with van der Waals surface area (Å²) in [6.07, 6.45) is 3.50. The minimum Gasteiger partial charge on any atom is -0.323 e. The molecule has 35 heavy (non-hydrogen) atoms. The first-order chi connectivity index (χ1) is 16.4. The van der Waals surface area contributed by atoms with E-state index in [1.807, 2.05) is 19.1 Å². The van der Waals surface area contributed by atoms with E-state index in [1.54, 1.807) is 69.3 Å². The van der Waals surface area contributed by atoms with Crippen molar-refractivity contribution in [3.05, 3.63) is 60.7 Å². The highest BCUT2D eigenvalue weighted by Gasteiger charge is 2.41. The lowest BCUT2D eigenvalue weighted by atomic mass is 9.99. The van der Waals surface area contributed by atoms with E-state index in [0.717, 1.165) is 19.3 Å². The van der Waals surface area contributed by atoms with Crippen LogP contribution in [0.25, 0.3) is 0 Å². The Morgan fingerprint density at radius 3 is 1.57 bits per heavy atom. The van der Waals surface area contributed by atoms with Crippen LogP contribution in [-0.2, 0) is 27.8 Å². The first-order valence-electron chi connectivity index (χ1n) is 11.9. The van der Waals surface area contributed by atoms with E-state index in [0.29, 0.717) is 17.0 Å². The molecule has 2 aromatic carbocycles. The van der Waals surface area contributed by atoms with Crippen LogP contribution in [0.15, 0.2) is 60.7 Å². The van der Waals surface area contributed by atoms with Crippen LogP contribution >= 0.6 is 14.7 Å². The van der Waals surface area contributed by atoms with Crippen molar-refractivity contribution in [2.45, 2.75) is 60.3 Å². The molecule has 0 amide bonds. The van der Waals surface area contributed by atoms with Gasteiger partial charge in [-0.15, -0.1) is 0 Å². The van der Waals surface area contributed by atoms with Gasteiger partial charge in [-0.25, -0.2) is 0 Å². The van der Waals surface area contributed by atoms with Crippen LogP contribution in [0.3, 0.4) is 0 Å². The number of carbonyl (C=O) groups is 2. The molecule has 6 nitrogen and oxygen atoms in total. The van der Waals surface area contributed by atoms with Crippen molar-refractivity contribution < 1.29 is 27.8 Å². The Balaban J connectivity index is 0.000000355. The van der Waals surface area contributed by atoms with Gasteiger partial charge in [-0.1, -0.05) is 83.9 Å². The SMILES string of the molecule is CCCCC(CC)C(=O)P(=O)(OC)c1ccccc1.COP(=O)(C(=O)C(C)(C)C)c1ccccc1. The molecule has 0 radical (unpaired) electrons. The van der Waals surface area contributed by atoms with E-state index in [-0.39, 0.29) is 17.0 Å². The fourth-order valence-electron chi connectivity index (χ4n) is 3.51. The van der Waals surface area contributed by atoms with Gasteiger partial charge in [-0.05, 0) is 37.1 Å². The predicted octanol–water partition coefficient (Wildman–Crippen LogP) is 6.79. The largest absolute Gasteiger partial charge is 0.323 e. The lowest BCUT2D eigenvalue weighted by Crippen LogP contribution is -2.25. The topological polar surface area (TPSA) is 86.7 Å². The molecule has 3 atom stereocenters. The van der Waals surface area contributed by atoms with E-state index in [1.165, 1.54) is 14.2 Å². The summed E-state index contributed by atoms with van der Waals surface area (Å²) in [6.45, 7) is 9.27. The van der Waals surface area contributed by atoms with Gasteiger partial charge in [0.15, 0.2) is 0 Å². The average Bonchev–Trinajstić information content (AvgIpc) is 2.88. The quantitative estimate of drug-likeness (QED) is 0.302. The maximum Gasteiger partial charge on any atom is 0.296 e. The number of benzene rings is 2. The van der Waals surface area contributed by atoms with Crippen LogP contribution in [-0.4, -0.2) is 25.3 Å². The molecule has 0 aromatic heterocycles. The molecular weight excluding hydrogens is 482 g/mol. The van der Waals surface area contributed by atoms with E-state index >= 15 is 0 Å². The molecule has 2 rings (SSSR count). The van der Waals surface area contributed by atoms with Gasteiger partial charge in [-0.2, -0.15) is 0 Å². The second-order valence-corrected chi connectivity index (χ2v) is 14.1. The lowest BCUT2D eigenvalue weighted by Gasteiger charge is -2.23. The van der Waals surface area contributed by atoms with E-state index in [2.05, 4.69) is 6.92 Å². The Bertz CT molecular complexity index is 1030. The smallest absolute Gasteiger partial charge is 0.296 e. The molecule has 0 spiro atoms. The molecule has 2 aromatic rings. The molecule has 0 bridgehead atoms. The van der Waals surface area contributed by atoms with Crippen molar-refractivity contribution in [3.8, 4) is 0 Å². The van der Waals surface area contributed by atoms with Crippen molar-refractivity contribution in [3.63, 3.8) is 0 Å². The fourth-order valence-corrected chi connectivity index (χ4v) is 7.57. The number of hydrogen-bond donors (Lipinski definition) is 0. The van der Waals surface area contributed by atoms with Crippen molar-refractivity contribution in [1.29, 1.82) is 0 Å². The summed E-state index contributed by atoms with van der Waals surface area (Å²) in [5.41, 5.74) is -1.27. The third-order valence-electron chi connectivity index (χ3n) is 5.65.